The zero-order valence-corrected chi connectivity index (χ0v) is 10.8. The molecule has 0 unspecified atom stereocenters. The van der Waals surface area contributed by atoms with E-state index in [1.54, 1.807) is 12.4 Å². The highest BCUT2D eigenvalue weighted by Crippen LogP contribution is 2.19. The minimum Gasteiger partial charge on any atom is -0.397 e. The Morgan fingerprint density at radius 2 is 2.33 bits per heavy atom. The molecular weight excluding hydrogens is 303 g/mol. The Morgan fingerprint density at radius 1 is 1.56 bits per heavy atom. The largest absolute Gasteiger partial charge is 0.397 e. The van der Waals surface area contributed by atoms with Gasteiger partial charge in [-0.2, -0.15) is 5.10 Å². The molecule has 0 saturated heterocycles. The summed E-state index contributed by atoms with van der Waals surface area (Å²) >= 11 is 3.23. The van der Waals surface area contributed by atoms with Crippen molar-refractivity contribution in [3.63, 3.8) is 0 Å². The molecule has 1 aromatic heterocycles. The van der Waals surface area contributed by atoms with Crippen LogP contribution in [-0.4, -0.2) is 15.7 Å². The fraction of sp³-hybridized carbons (Fsp3) is 0.0909. The third kappa shape index (κ3) is 3.07. The summed E-state index contributed by atoms with van der Waals surface area (Å²) in [6.07, 6.45) is 3.26. The van der Waals surface area contributed by atoms with Crippen LogP contribution in [0.3, 0.4) is 0 Å². The normalized spacial score (nSPS) is 10.3. The third-order valence-corrected chi connectivity index (χ3v) is 2.60. The van der Waals surface area contributed by atoms with Crippen LogP contribution in [0.4, 0.5) is 15.8 Å². The lowest BCUT2D eigenvalue weighted by Gasteiger charge is -2.08. The van der Waals surface area contributed by atoms with Crippen LogP contribution in [0.15, 0.2) is 35.1 Å². The van der Waals surface area contributed by atoms with Crippen molar-refractivity contribution in [2.75, 3.05) is 11.1 Å². The molecule has 0 saturated carbocycles. The standard InChI is InChI=1S/C11H10BrFN4O/c12-7-4-15-17(5-7)6-11(18)16-10-2-1-8(13)3-9(10)14/h1-5H,6,14H2,(H,16,18). The molecule has 7 heteroatoms. The highest BCUT2D eigenvalue weighted by molar-refractivity contribution is 9.10. The van der Waals surface area contributed by atoms with Crippen LogP contribution < -0.4 is 11.1 Å². The van der Waals surface area contributed by atoms with Gasteiger partial charge in [-0.15, -0.1) is 0 Å². The Balaban J connectivity index is 2.03. The molecule has 0 aliphatic rings. The SMILES string of the molecule is Nc1cc(F)ccc1NC(=O)Cn1cc(Br)cn1. The van der Waals surface area contributed by atoms with Gasteiger partial charge in [0.2, 0.25) is 5.91 Å². The number of halogens is 2. The van der Waals surface area contributed by atoms with Crippen molar-refractivity contribution in [2.45, 2.75) is 6.54 Å². The first-order chi connectivity index (χ1) is 8.54. The molecule has 3 N–H and O–H groups in total. The number of benzene rings is 1. The van der Waals surface area contributed by atoms with E-state index in [1.807, 2.05) is 0 Å². The van der Waals surface area contributed by atoms with Crippen molar-refractivity contribution in [3.05, 3.63) is 40.9 Å². The van der Waals surface area contributed by atoms with Crippen molar-refractivity contribution in [2.24, 2.45) is 0 Å². The number of carbonyl (C=O) groups excluding carboxylic acids is 1. The second-order valence-electron chi connectivity index (χ2n) is 3.64. The number of aromatic nitrogens is 2. The van der Waals surface area contributed by atoms with Crippen molar-refractivity contribution >= 4 is 33.2 Å². The molecular formula is C11H10BrFN4O. The molecule has 0 fully saturated rings. The summed E-state index contributed by atoms with van der Waals surface area (Å²) in [6.45, 7) is 0.0580. The van der Waals surface area contributed by atoms with E-state index < -0.39 is 5.82 Å². The number of rotatable bonds is 3. The molecule has 2 aromatic rings. The molecule has 94 valence electrons. The predicted octanol–water partition coefficient (Wildman–Crippen LogP) is 2.01. The predicted molar refractivity (Wildman–Crippen MR) is 69.4 cm³/mol. The van der Waals surface area contributed by atoms with Gasteiger partial charge >= 0.3 is 0 Å². The smallest absolute Gasteiger partial charge is 0.246 e. The number of amides is 1. The summed E-state index contributed by atoms with van der Waals surface area (Å²) in [7, 11) is 0. The average Bonchev–Trinajstić information content (AvgIpc) is 2.68. The second kappa shape index (κ2) is 5.18. The molecule has 0 aliphatic carbocycles. The number of nitrogens with one attached hydrogen (secondary N) is 1. The Morgan fingerprint density at radius 3 is 2.94 bits per heavy atom. The van der Waals surface area contributed by atoms with Gasteiger partial charge in [-0.1, -0.05) is 0 Å². The monoisotopic (exact) mass is 312 g/mol. The van der Waals surface area contributed by atoms with E-state index in [1.165, 1.54) is 16.8 Å². The van der Waals surface area contributed by atoms with Crippen LogP contribution in [0.5, 0.6) is 0 Å². The Kier molecular flexibility index (Phi) is 3.61. The quantitative estimate of drug-likeness (QED) is 0.851. The summed E-state index contributed by atoms with van der Waals surface area (Å²) in [6, 6.07) is 3.80. The van der Waals surface area contributed by atoms with E-state index in [4.69, 9.17) is 5.73 Å². The maximum absolute atomic E-state index is 12.8. The van der Waals surface area contributed by atoms with Gasteiger partial charge in [0.1, 0.15) is 12.4 Å². The fourth-order valence-electron chi connectivity index (χ4n) is 1.41. The second-order valence-corrected chi connectivity index (χ2v) is 4.55. The molecule has 18 heavy (non-hydrogen) atoms. The van der Waals surface area contributed by atoms with Crippen LogP contribution in [0.25, 0.3) is 0 Å². The summed E-state index contributed by atoms with van der Waals surface area (Å²) in [5.74, 6) is -0.731. The van der Waals surface area contributed by atoms with Gasteiger partial charge < -0.3 is 11.1 Å². The first-order valence-corrected chi connectivity index (χ1v) is 5.87. The molecule has 0 radical (unpaired) electrons. The number of nitrogens with two attached hydrogens (primary N) is 1. The van der Waals surface area contributed by atoms with E-state index in [9.17, 15) is 9.18 Å². The average molecular weight is 313 g/mol. The summed E-state index contributed by atoms with van der Waals surface area (Å²) in [5, 5.41) is 6.54. The highest BCUT2D eigenvalue weighted by atomic mass is 79.9. The number of hydrogen-bond acceptors (Lipinski definition) is 3. The lowest BCUT2D eigenvalue weighted by Crippen LogP contribution is -2.19. The number of hydrogen-bond donors (Lipinski definition) is 2. The molecule has 1 heterocycles. The zero-order valence-electron chi connectivity index (χ0n) is 9.23. The van der Waals surface area contributed by atoms with Crippen LogP contribution >= 0.6 is 15.9 Å². The van der Waals surface area contributed by atoms with Gasteiger partial charge in [0.15, 0.2) is 0 Å². The Bertz CT molecular complexity index is 584. The van der Waals surface area contributed by atoms with Crippen LogP contribution in [0, 0.1) is 5.82 Å². The van der Waals surface area contributed by atoms with Crippen molar-refractivity contribution in [1.82, 2.24) is 9.78 Å². The van der Waals surface area contributed by atoms with Gasteiger partial charge in [-0.25, -0.2) is 4.39 Å². The number of nitrogen functional groups attached to an aromatic ring is 1. The van der Waals surface area contributed by atoms with Crippen molar-refractivity contribution in [3.8, 4) is 0 Å². The van der Waals surface area contributed by atoms with E-state index in [2.05, 4.69) is 26.3 Å². The van der Waals surface area contributed by atoms with E-state index in [0.29, 0.717) is 5.69 Å². The number of anilines is 2. The third-order valence-electron chi connectivity index (χ3n) is 2.20. The molecule has 0 aliphatic heterocycles. The molecule has 5 nitrogen and oxygen atoms in total. The summed E-state index contributed by atoms with van der Waals surface area (Å²) in [5.41, 5.74) is 6.15. The highest BCUT2D eigenvalue weighted by Gasteiger charge is 2.07. The number of carbonyl (C=O) groups is 1. The van der Waals surface area contributed by atoms with E-state index in [-0.39, 0.29) is 18.1 Å². The maximum atomic E-state index is 12.8. The van der Waals surface area contributed by atoms with Gasteiger partial charge in [0.05, 0.1) is 22.0 Å². The lowest BCUT2D eigenvalue weighted by atomic mass is 10.2. The van der Waals surface area contributed by atoms with E-state index >= 15 is 0 Å². The molecule has 1 aromatic carbocycles. The van der Waals surface area contributed by atoms with Gasteiger partial charge in [0.25, 0.3) is 0 Å². The first-order valence-electron chi connectivity index (χ1n) is 5.07. The lowest BCUT2D eigenvalue weighted by molar-refractivity contribution is -0.116. The Hall–Kier alpha value is -1.89. The summed E-state index contributed by atoms with van der Waals surface area (Å²) in [4.78, 5) is 11.7. The Labute approximate surface area is 111 Å². The van der Waals surface area contributed by atoms with E-state index in [0.717, 1.165) is 10.5 Å². The molecule has 2 rings (SSSR count). The molecule has 0 bridgehead atoms. The maximum Gasteiger partial charge on any atom is 0.246 e. The summed E-state index contributed by atoms with van der Waals surface area (Å²) < 4.78 is 15.1. The van der Waals surface area contributed by atoms with Crippen LogP contribution in [-0.2, 0) is 11.3 Å². The minimum absolute atomic E-state index is 0.0580. The fourth-order valence-corrected chi connectivity index (χ4v) is 1.74. The first kappa shape index (κ1) is 12.6. The van der Waals surface area contributed by atoms with Crippen LogP contribution in [0.1, 0.15) is 0 Å². The zero-order chi connectivity index (χ0) is 13.1. The van der Waals surface area contributed by atoms with Gasteiger partial charge in [0, 0.05) is 6.20 Å². The number of nitrogens with zero attached hydrogens (tertiary/aromatic N) is 2. The minimum atomic E-state index is -0.443. The topological polar surface area (TPSA) is 72.9 Å². The van der Waals surface area contributed by atoms with Crippen LogP contribution in [0.2, 0.25) is 0 Å². The molecule has 0 spiro atoms. The van der Waals surface area contributed by atoms with Gasteiger partial charge in [-0.05, 0) is 34.1 Å². The molecule has 0 atom stereocenters. The van der Waals surface area contributed by atoms with Crippen molar-refractivity contribution < 1.29 is 9.18 Å². The van der Waals surface area contributed by atoms with Gasteiger partial charge in [-0.3, -0.25) is 9.48 Å². The molecule has 1 amide bonds. The van der Waals surface area contributed by atoms with Crippen molar-refractivity contribution in [1.29, 1.82) is 0 Å².